The van der Waals surface area contributed by atoms with Crippen LogP contribution >= 0.6 is 0 Å². The van der Waals surface area contributed by atoms with Gasteiger partial charge < -0.3 is 9.84 Å². The molecule has 126 valence electrons. The van der Waals surface area contributed by atoms with Gasteiger partial charge in [0.2, 0.25) is 0 Å². The quantitative estimate of drug-likeness (QED) is 0.813. The monoisotopic (exact) mass is 334 g/mol. The largest absolute Gasteiger partial charge is 0.508 e. The van der Waals surface area contributed by atoms with Gasteiger partial charge in [-0.05, 0) is 36.6 Å². The van der Waals surface area contributed by atoms with Gasteiger partial charge in [0.1, 0.15) is 11.9 Å². The molecule has 2 nitrogen and oxygen atoms in total. The summed E-state index contributed by atoms with van der Waals surface area (Å²) in [6, 6.07) is 11.1. The lowest BCUT2D eigenvalue weighted by atomic mass is 9.68. The molecule has 1 heterocycles. The molecular formula is C19H17F3O2. The van der Waals surface area contributed by atoms with Crippen LogP contribution in [0.3, 0.4) is 0 Å². The standard InChI is InChI=1S/C19H17F3O2/c20-15-4-1-3-14-17(15)24-16-11-18(21,22)9-2-10-19(14,16)12-5-7-13(23)8-6-12/h1,3-8,16,23H,2,9-11H2. The van der Waals surface area contributed by atoms with Crippen LogP contribution in [0.1, 0.15) is 36.8 Å². The predicted molar refractivity (Wildman–Crippen MR) is 83.1 cm³/mol. The van der Waals surface area contributed by atoms with E-state index in [1.807, 2.05) is 0 Å². The molecule has 1 aliphatic carbocycles. The van der Waals surface area contributed by atoms with Crippen molar-refractivity contribution in [1.29, 1.82) is 0 Å². The van der Waals surface area contributed by atoms with Crippen LogP contribution in [0.5, 0.6) is 11.5 Å². The topological polar surface area (TPSA) is 29.5 Å². The highest BCUT2D eigenvalue weighted by molar-refractivity contribution is 5.54. The molecule has 1 fully saturated rings. The van der Waals surface area contributed by atoms with E-state index >= 15 is 0 Å². The molecule has 5 heteroatoms. The average molecular weight is 334 g/mol. The maximum absolute atomic E-state index is 14.2. The van der Waals surface area contributed by atoms with E-state index in [2.05, 4.69) is 0 Å². The molecule has 1 saturated carbocycles. The molecule has 0 saturated heterocycles. The van der Waals surface area contributed by atoms with E-state index in [0.717, 1.165) is 5.56 Å². The number of hydrogen-bond donors (Lipinski definition) is 1. The Kier molecular flexibility index (Phi) is 3.31. The zero-order valence-corrected chi connectivity index (χ0v) is 12.9. The predicted octanol–water partition coefficient (Wildman–Crippen LogP) is 4.79. The van der Waals surface area contributed by atoms with Crippen LogP contribution in [-0.2, 0) is 5.41 Å². The van der Waals surface area contributed by atoms with Crippen molar-refractivity contribution in [2.45, 2.75) is 43.1 Å². The smallest absolute Gasteiger partial charge is 0.251 e. The first-order valence-electron chi connectivity index (χ1n) is 8.05. The number of rotatable bonds is 1. The second kappa shape index (κ2) is 5.16. The molecule has 2 aromatic carbocycles. The summed E-state index contributed by atoms with van der Waals surface area (Å²) in [7, 11) is 0. The van der Waals surface area contributed by atoms with Gasteiger partial charge in [-0.3, -0.25) is 0 Å². The highest BCUT2D eigenvalue weighted by Gasteiger charge is 2.55. The van der Waals surface area contributed by atoms with Crippen LogP contribution in [0.4, 0.5) is 13.2 Å². The van der Waals surface area contributed by atoms with Crippen LogP contribution in [0, 0.1) is 5.82 Å². The Balaban J connectivity index is 1.94. The zero-order valence-electron chi connectivity index (χ0n) is 12.9. The molecule has 0 spiro atoms. The molecule has 0 bridgehead atoms. The normalized spacial score (nSPS) is 27.7. The van der Waals surface area contributed by atoms with Gasteiger partial charge in [-0.2, -0.15) is 0 Å². The Bertz CT molecular complexity index is 773. The first-order chi connectivity index (χ1) is 11.4. The van der Waals surface area contributed by atoms with Gasteiger partial charge in [0.05, 0.1) is 5.41 Å². The van der Waals surface area contributed by atoms with Crippen molar-refractivity contribution in [1.82, 2.24) is 0 Å². The molecule has 24 heavy (non-hydrogen) atoms. The van der Waals surface area contributed by atoms with Gasteiger partial charge in [0.25, 0.3) is 5.92 Å². The summed E-state index contributed by atoms with van der Waals surface area (Å²) >= 11 is 0. The second-order valence-corrected chi connectivity index (χ2v) is 6.65. The third kappa shape index (κ3) is 2.18. The lowest BCUT2D eigenvalue weighted by Crippen LogP contribution is -2.40. The van der Waals surface area contributed by atoms with Crippen LogP contribution in [-0.4, -0.2) is 17.1 Å². The van der Waals surface area contributed by atoms with Gasteiger partial charge >= 0.3 is 0 Å². The van der Waals surface area contributed by atoms with Crippen LogP contribution in [0.15, 0.2) is 42.5 Å². The molecule has 0 radical (unpaired) electrons. The summed E-state index contributed by atoms with van der Waals surface area (Å²) in [6.07, 6.45) is -0.691. The minimum atomic E-state index is -2.83. The van der Waals surface area contributed by atoms with Gasteiger partial charge in [0.15, 0.2) is 11.6 Å². The van der Waals surface area contributed by atoms with Crippen molar-refractivity contribution in [3.05, 3.63) is 59.4 Å². The molecule has 0 amide bonds. The third-order valence-electron chi connectivity index (χ3n) is 5.24. The van der Waals surface area contributed by atoms with Gasteiger partial charge in [0, 0.05) is 18.4 Å². The number of phenolic OH excluding ortho intramolecular Hbond substituents is 1. The van der Waals surface area contributed by atoms with E-state index in [1.54, 1.807) is 24.3 Å². The molecule has 2 aromatic rings. The summed E-state index contributed by atoms with van der Waals surface area (Å²) in [5.74, 6) is -3.18. The maximum Gasteiger partial charge on any atom is 0.251 e. The summed E-state index contributed by atoms with van der Waals surface area (Å²) in [5.41, 5.74) is 0.577. The molecule has 2 atom stereocenters. The first kappa shape index (κ1) is 15.4. The molecule has 2 unspecified atom stereocenters. The Morgan fingerprint density at radius 2 is 1.79 bits per heavy atom. The van der Waals surface area contributed by atoms with Crippen molar-refractivity contribution in [2.75, 3.05) is 0 Å². The van der Waals surface area contributed by atoms with Crippen LogP contribution in [0.25, 0.3) is 0 Å². The molecule has 0 aromatic heterocycles. The second-order valence-electron chi connectivity index (χ2n) is 6.65. The number of phenols is 1. The minimum Gasteiger partial charge on any atom is -0.508 e. The minimum absolute atomic E-state index is 0.0771. The number of aromatic hydroxyl groups is 1. The molecule has 2 aliphatic rings. The fourth-order valence-electron chi connectivity index (χ4n) is 4.15. The van der Waals surface area contributed by atoms with Crippen molar-refractivity contribution < 1.29 is 23.0 Å². The summed E-state index contributed by atoms with van der Waals surface area (Å²) in [5, 5.41) is 9.56. The van der Waals surface area contributed by atoms with Crippen molar-refractivity contribution in [3.63, 3.8) is 0 Å². The average Bonchev–Trinajstić information content (AvgIpc) is 2.76. The fourth-order valence-corrected chi connectivity index (χ4v) is 4.15. The summed E-state index contributed by atoms with van der Waals surface area (Å²) in [6.45, 7) is 0. The van der Waals surface area contributed by atoms with E-state index in [-0.39, 0.29) is 17.9 Å². The third-order valence-corrected chi connectivity index (χ3v) is 5.24. The number of fused-ring (bicyclic) bond motifs is 3. The highest BCUT2D eigenvalue weighted by atomic mass is 19.3. The van der Waals surface area contributed by atoms with E-state index < -0.39 is 29.7 Å². The summed E-state index contributed by atoms with van der Waals surface area (Å²) in [4.78, 5) is 0. The Morgan fingerprint density at radius 3 is 2.54 bits per heavy atom. The number of alkyl halides is 2. The van der Waals surface area contributed by atoms with E-state index in [1.165, 1.54) is 18.2 Å². The SMILES string of the molecule is Oc1ccc(C23CCCC(F)(F)CC2Oc2c(F)cccc23)cc1. The number of halogens is 3. The Morgan fingerprint density at radius 1 is 1.04 bits per heavy atom. The van der Waals surface area contributed by atoms with Crippen molar-refractivity contribution in [3.8, 4) is 11.5 Å². The molecule has 1 aliphatic heterocycles. The van der Waals surface area contributed by atoms with Gasteiger partial charge in [-0.25, -0.2) is 13.2 Å². The molecular weight excluding hydrogens is 317 g/mol. The Hall–Kier alpha value is -2.17. The van der Waals surface area contributed by atoms with Crippen molar-refractivity contribution in [2.24, 2.45) is 0 Å². The lowest BCUT2D eigenvalue weighted by molar-refractivity contribution is -0.0406. The number of para-hydroxylation sites is 1. The first-order valence-corrected chi connectivity index (χ1v) is 8.05. The summed E-state index contributed by atoms with van der Waals surface area (Å²) < 4.78 is 48.3. The molecule has 1 N–H and O–H groups in total. The maximum atomic E-state index is 14.2. The van der Waals surface area contributed by atoms with Crippen molar-refractivity contribution >= 4 is 0 Å². The zero-order chi connectivity index (χ0) is 16.9. The van der Waals surface area contributed by atoms with Crippen LogP contribution in [0.2, 0.25) is 0 Å². The van der Waals surface area contributed by atoms with E-state index in [4.69, 9.17) is 4.74 Å². The van der Waals surface area contributed by atoms with E-state index in [9.17, 15) is 18.3 Å². The van der Waals surface area contributed by atoms with E-state index in [0.29, 0.717) is 18.4 Å². The number of benzene rings is 2. The number of hydrogen-bond acceptors (Lipinski definition) is 2. The fraction of sp³-hybridized carbons (Fsp3) is 0.368. The van der Waals surface area contributed by atoms with Crippen LogP contribution < -0.4 is 4.74 Å². The lowest BCUT2D eigenvalue weighted by Gasteiger charge is -2.34. The van der Waals surface area contributed by atoms with Gasteiger partial charge in [-0.15, -0.1) is 0 Å². The highest BCUT2D eigenvalue weighted by Crippen LogP contribution is 2.55. The van der Waals surface area contributed by atoms with Gasteiger partial charge in [-0.1, -0.05) is 24.3 Å². The Labute approximate surface area is 137 Å². The number of ether oxygens (including phenoxy) is 1. The molecule has 4 rings (SSSR count).